The van der Waals surface area contributed by atoms with E-state index in [0.29, 0.717) is 0 Å². The van der Waals surface area contributed by atoms with Gasteiger partial charge < -0.3 is 0 Å². The Labute approximate surface area is 127 Å². The Kier molecular flexibility index (Phi) is 5.40. The van der Waals surface area contributed by atoms with Crippen LogP contribution >= 0.6 is 27.5 Å². The summed E-state index contributed by atoms with van der Waals surface area (Å²) in [6, 6.07) is 16.3. The number of nitrogens with one attached hydrogen (secondary N) is 1. The van der Waals surface area contributed by atoms with Gasteiger partial charge in [0.25, 0.3) is 0 Å². The van der Waals surface area contributed by atoms with Crippen molar-refractivity contribution in [2.45, 2.75) is 18.9 Å². The molecule has 0 radical (unpaired) electrons. The molecule has 0 bridgehead atoms. The summed E-state index contributed by atoms with van der Waals surface area (Å²) in [5.41, 5.74) is 5.36. The topological polar surface area (TPSA) is 38.0 Å². The Morgan fingerprint density at radius 2 is 1.74 bits per heavy atom. The van der Waals surface area contributed by atoms with E-state index < -0.39 is 0 Å². The van der Waals surface area contributed by atoms with Crippen molar-refractivity contribution >= 4 is 27.5 Å². The highest BCUT2D eigenvalue weighted by Gasteiger charge is 2.10. The molecule has 0 aliphatic carbocycles. The number of halogens is 2. The number of benzene rings is 2. The van der Waals surface area contributed by atoms with E-state index in [0.717, 1.165) is 22.3 Å². The first-order valence-electron chi connectivity index (χ1n) is 6.13. The van der Waals surface area contributed by atoms with Crippen molar-refractivity contribution in [3.8, 4) is 0 Å². The lowest BCUT2D eigenvalue weighted by Gasteiger charge is -2.17. The standard InChI is InChI=1S/C15H16BrClN2/c16-15-4-2-1-3-12(15)10-14(19-18)9-11-5-7-13(17)8-6-11/h1-8,14,19H,9-10,18H2. The van der Waals surface area contributed by atoms with Crippen LogP contribution in [0.4, 0.5) is 0 Å². The molecule has 0 amide bonds. The third kappa shape index (κ3) is 4.32. The van der Waals surface area contributed by atoms with Crippen molar-refractivity contribution in [2.75, 3.05) is 0 Å². The van der Waals surface area contributed by atoms with Crippen molar-refractivity contribution in [3.05, 3.63) is 69.2 Å². The SMILES string of the molecule is NNC(Cc1ccc(Cl)cc1)Cc1ccccc1Br. The van der Waals surface area contributed by atoms with E-state index in [-0.39, 0.29) is 6.04 Å². The Morgan fingerprint density at radius 3 is 2.37 bits per heavy atom. The van der Waals surface area contributed by atoms with Crippen LogP contribution < -0.4 is 11.3 Å². The van der Waals surface area contributed by atoms with Crippen LogP contribution in [0.1, 0.15) is 11.1 Å². The van der Waals surface area contributed by atoms with Crippen LogP contribution in [-0.2, 0) is 12.8 Å². The highest BCUT2D eigenvalue weighted by atomic mass is 79.9. The lowest BCUT2D eigenvalue weighted by Crippen LogP contribution is -2.38. The Hall–Kier alpha value is -0.870. The molecular weight excluding hydrogens is 324 g/mol. The predicted molar refractivity (Wildman–Crippen MR) is 84.1 cm³/mol. The third-order valence-corrected chi connectivity index (χ3v) is 4.08. The van der Waals surface area contributed by atoms with Gasteiger partial charge in [0.2, 0.25) is 0 Å². The van der Waals surface area contributed by atoms with Crippen molar-refractivity contribution < 1.29 is 0 Å². The minimum absolute atomic E-state index is 0.194. The van der Waals surface area contributed by atoms with Crippen LogP contribution in [0.2, 0.25) is 5.02 Å². The molecular formula is C15H16BrClN2. The number of hydrogen-bond donors (Lipinski definition) is 2. The van der Waals surface area contributed by atoms with Gasteiger partial charge in [-0.15, -0.1) is 0 Å². The van der Waals surface area contributed by atoms with Gasteiger partial charge in [-0.05, 0) is 42.2 Å². The molecule has 0 saturated heterocycles. The molecule has 2 rings (SSSR count). The summed E-state index contributed by atoms with van der Waals surface area (Å²) in [7, 11) is 0. The Bertz CT molecular complexity index is 528. The van der Waals surface area contributed by atoms with E-state index >= 15 is 0 Å². The van der Waals surface area contributed by atoms with Gasteiger partial charge in [-0.25, -0.2) is 0 Å². The van der Waals surface area contributed by atoms with Crippen LogP contribution in [0.25, 0.3) is 0 Å². The number of hydrogen-bond acceptors (Lipinski definition) is 2. The molecule has 1 unspecified atom stereocenters. The Morgan fingerprint density at radius 1 is 1.05 bits per heavy atom. The smallest absolute Gasteiger partial charge is 0.0406 e. The molecule has 2 aromatic carbocycles. The average Bonchev–Trinajstić information content (AvgIpc) is 2.43. The second-order valence-electron chi connectivity index (χ2n) is 4.49. The van der Waals surface area contributed by atoms with Gasteiger partial charge >= 0.3 is 0 Å². The minimum Gasteiger partial charge on any atom is -0.271 e. The fourth-order valence-corrected chi connectivity index (χ4v) is 2.60. The van der Waals surface area contributed by atoms with Gasteiger partial charge in [-0.2, -0.15) is 0 Å². The lowest BCUT2D eigenvalue weighted by atomic mass is 9.99. The summed E-state index contributed by atoms with van der Waals surface area (Å²) in [6.07, 6.45) is 1.75. The molecule has 3 N–H and O–H groups in total. The van der Waals surface area contributed by atoms with Gasteiger partial charge in [0.1, 0.15) is 0 Å². The van der Waals surface area contributed by atoms with E-state index in [1.54, 1.807) is 0 Å². The van der Waals surface area contributed by atoms with Crippen LogP contribution in [0.3, 0.4) is 0 Å². The summed E-state index contributed by atoms with van der Waals surface area (Å²) in [4.78, 5) is 0. The van der Waals surface area contributed by atoms with Crippen LogP contribution in [0, 0.1) is 0 Å². The molecule has 0 aromatic heterocycles. The fourth-order valence-electron chi connectivity index (χ4n) is 2.02. The summed E-state index contributed by atoms with van der Waals surface area (Å²) < 4.78 is 1.12. The quantitative estimate of drug-likeness (QED) is 0.643. The maximum Gasteiger partial charge on any atom is 0.0406 e. The molecule has 100 valence electrons. The molecule has 0 spiro atoms. The minimum atomic E-state index is 0.194. The van der Waals surface area contributed by atoms with Crippen LogP contribution in [0.5, 0.6) is 0 Å². The molecule has 2 nitrogen and oxygen atoms in total. The number of hydrazine groups is 1. The molecule has 2 aromatic rings. The first-order chi connectivity index (χ1) is 9.19. The van der Waals surface area contributed by atoms with Gasteiger partial charge in [0, 0.05) is 15.5 Å². The van der Waals surface area contributed by atoms with Crippen molar-refractivity contribution in [1.82, 2.24) is 5.43 Å². The van der Waals surface area contributed by atoms with Crippen molar-refractivity contribution in [2.24, 2.45) is 5.84 Å². The molecule has 0 heterocycles. The normalized spacial score (nSPS) is 12.4. The van der Waals surface area contributed by atoms with Crippen molar-refractivity contribution in [3.63, 3.8) is 0 Å². The number of nitrogens with two attached hydrogens (primary N) is 1. The van der Waals surface area contributed by atoms with E-state index in [2.05, 4.69) is 27.4 Å². The van der Waals surface area contributed by atoms with Gasteiger partial charge in [-0.3, -0.25) is 11.3 Å². The molecule has 0 fully saturated rings. The maximum atomic E-state index is 5.89. The molecule has 0 aliphatic heterocycles. The van der Waals surface area contributed by atoms with E-state index in [1.807, 2.05) is 42.5 Å². The summed E-state index contributed by atoms with van der Waals surface area (Å²) in [5, 5.41) is 0.756. The van der Waals surface area contributed by atoms with E-state index in [1.165, 1.54) is 11.1 Å². The van der Waals surface area contributed by atoms with Crippen molar-refractivity contribution in [1.29, 1.82) is 0 Å². The first-order valence-corrected chi connectivity index (χ1v) is 7.30. The largest absolute Gasteiger partial charge is 0.271 e. The fraction of sp³-hybridized carbons (Fsp3) is 0.200. The molecule has 0 aliphatic rings. The summed E-state index contributed by atoms with van der Waals surface area (Å²) in [5.74, 6) is 5.66. The Balaban J connectivity index is 2.05. The van der Waals surface area contributed by atoms with Gasteiger partial charge in [0.05, 0.1) is 0 Å². The number of rotatable bonds is 5. The van der Waals surface area contributed by atoms with Gasteiger partial charge in [0.15, 0.2) is 0 Å². The monoisotopic (exact) mass is 338 g/mol. The molecule has 19 heavy (non-hydrogen) atoms. The zero-order valence-electron chi connectivity index (χ0n) is 10.4. The van der Waals surface area contributed by atoms with Gasteiger partial charge in [-0.1, -0.05) is 57.9 Å². The molecule has 1 atom stereocenters. The lowest BCUT2D eigenvalue weighted by molar-refractivity contribution is 0.522. The maximum absolute atomic E-state index is 5.89. The third-order valence-electron chi connectivity index (χ3n) is 3.06. The average molecular weight is 340 g/mol. The van der Waals surface area contributed by atoms with Crippen LogP contribution in [-0.4, -0.2) is 6.04 Å². The van der Waals surface area contributed by atoms with E-state index in [9.17, 15) is 0 Å². The second-order valence-corrected chi connectivity index (χ2v) is 5.78. The highest BCUT2D eigenvalue weighted by Crippen LogP contribution is 2.19. The predicted octanol–water partition coefficient (Wildman–Crippen LogP) is 3.72. The van der Waals surface area contributed by atoms with Crippen LogP contribution in [0.15, 0.2) is 53.0 Å². The summed E-state index contributed by atoms with van der Waals surface area (Å²) in [6.45, 7) is 0. The zero-order valence-corrected chi connectivity index (χ0v) is 12.8. The second kappa shape index (κ2) is 7.06. The molecule has 4 heteroatoms. The first kappa shape index (κ1) is 14.5. The summed E-state index contributed by atoms with van der Waals surface area (Å²) >= 11 is 9.45. The zero-order chi connectivity index (χ0) is 13.7. The highest BCUT2D eigenvalue weighted by molar-refractivity contribution is 9.10. The molecule has 0 saturated carbocycles. The van der Waals surface area contributed by atoms with E-state index in [4.69, 9.17) is 17.4 Å².